The molecule has 2 N–H and O–H groups in total. The molecule has 1 amide bonds. The number of aliphatic carboxylic acids is 1. The van der Waals surface area contributed by atoms with E-state index in [1.165, 1.54) is 0 Å². The average Bonchev–Trinajstić information content (AvgIpc) is 2.19. The summed E-state index contributed by atoms with van der Waals surface area (Å²) in [4.78, 5) is 21.3. The predicted octanol–water partition coefficient (Wildman–Crippen LogP) is 0.784. The smallest absolute Gasteiger partial charge is 0.303 e. The molecule has 0 aromatic heterocycles. The van der Waals surface area contributed by atoms with Gasteiger partial charge in [0, 0.05) is 33.1 Å². The van der Waals surface area contributed by atoms with Crippen LogP contribution in [0.3, 0.4) is 0 Å². The van der Waals surface area contributed by atoms with E-state index in [2.05, 4.69) is 5.32 Å². The van der Waals surface area contributed by atoms with Gasteiger partial charge >= 0.3 is 5.97 Å². The zero-order valence-electron chi connectivity index (χ0n) is 9.12. The molecule has 0 aliphatic carbocycles. The molecule has 0 rings (SSSR count). The third-order valence-corrected chi connectivity index (χ3v) is 1.89. The van der Waals surface area contributed by atoms with Crippen molar-refractivity contribution in [1.29, 1.82) is 0 Å². The zero-order chi connectivity index (χ0) is 11.5. The maximum Gasteiger partial charge on any atom is 0.303 e. The maximum atomic E-state index is 11.2. The van der Waals surface area contributed by atoms with Crippen molar-refractivity contribution in [3.8, 4) is 0 Å². The molecule has 0 aliphatic heterocycles. The van der Waals surface area contributed by atoms with Gasteiger partial charge in [0.05, 0.1) is 0 Å². The number of carbonyl (C=O) groups excluding carboxylic acids is 1. The Labute approximate surface area is 89.8 Å². The first-order valence-corrected chi connectivity index (χ1v) is 5.14. The number of methoxy groups -OCH3 is 1. The molecular formula is C10H19NO4. The number of hydrogen-bond donors (Lipinski definition) is 2. The van der Waals surface area contributed by atoms with E-state index in [-0.39, 0.29) is 12.3 Å². The Morgan fingerprint density at radius 2 is 1.93 bits per heavy atom. The zero-order valence-corrected chi connectivity index (χ0v) is 9.12. The molecule has 5 nitrogen and oxygen atoms in total. The Morgan fingerprint density at radius 1 is 1.20 bits per heavy atom. The van der Waals surface area contributed by atoms with Gasteiger partial charge in [0.1, 0.15) is 0 Å². The molecule has 0 bridgehead atoms. The molecule has 0 heterocycles. The summed E-state index contributed by atoms with van der Waals surface area (Å²) in [5.41, 5.74) is 0. The third-order valence-electron chi connectivity index (χ3n) is 1.89. The first kappa shape index (κ1) is 13.9. The fraction of sp³-hybridized carbons (Fsp3) is 0.800. The van der Waals surface area contributed by atoms with Gasteiger partial charge < -0.3 is 15.2 Å². The molecule has 0 saturated carbocycles. The summed E-state index contributed by atoms with van der Waals surface area (Å²) in [6, 6.07) is 0. The van der Waals surface area contributed by atoms with Crippen molar-refractivity contribution in [2.75, 3.05) is 20.3 Å². The number of rotatable bonds is 9. The lowest BCUT2D eigenvalue weighted by atomic mass is 10.2. The van der Waals surface area contributed by atoms with Crippen molar-refractivity contribution in [2.24, 2.45) is 0 Å². The van der Waals surface area contributed by atoms with Crippen LogP contribution in [0.5, 0.6) is 0 Å². The van der Waals surface area contributed by atoms with E-state index in [1.807, 2.05) is 0 Å². The van der Waals surface area contributed by atoms with Crippen molar-refractivity contribution in [2.45, 2.75) is 32.1 Å². The number of unbranched alkanes of at least 4 members (excludes halogenated alkanes) is 1. The second-order valence-electron chi connectivity index (χ2n) is 3.30. The predicted molar refractivity (Wildman–Crippen MR) is 55.6 cm³/mol. The molecule has 0 saturated heterocycles. The normalized spacial score (nSPS) is 9.93. The minimum absolute atomic E-state index is 0.0171. The van der Waals surface area contributed by atoms with Gasteiger partial charge in [0.25, 0.3) is 0 Å². The van der Waals surface area contributed by atoms with E-state index in [0.717, 1.165) is 12.8 Å². The molecule has 0 aliphatic rings. The minimum atomic E-state index is -0.829. The van der Waals surface area contributed by atoms with E-state index in [4.69, 9.17) is 9.84 Å². The fourth-order valence-electron chi connectivity index (χ4n) is 1.09. The highest BCUT2D eigenvalue weighted by Gasteiger charge is 2.01. The van der Waals surface area contributed by atoms with Crippen LogP contribution in [0.25, 0.3) is 0 Å². The van der Waals surface area contributed by atoms with E-state index >= 15 is 0 Å². The monoisotopic (exact) mass is 217 g/mol. The fourth-order valence-corrected chi connectivity index (χ4v) is 1.09. The van der Waals surface area contributed by atoms with Gasteiger partial charge in [-0.15, -0.1) is 0 Å². The maximum absolute atomic E-state index is 11.2. The molecule has 0 unspecified atom stereocenters. The van der Waals surface area contributed by atoms with Gasteiger partial charge in [0.15, 0.2) is 0 Å². The molecule has 5 heteroatoms. The second-order valence-corrected chi connectivity index (χ2v) is 3.30. The van der Waals surface area contributed by atoms with Gasteiger partial charge in [-0.2, -0.15) is 0 Å². The first-order valence-electron chi connectivity index (χ1n) is 5.14. The van der Waals surface area contributed by atoms with E-state index in [9.17, 15) is 9.59 Å². The molecule has 88 valence electrons. The van der Waals surface area contributed by atoms with Crippen molar-refractivity contribution in [3.63, 3.8) is 0 Å². The van der Waals surface area contributed by atoms with Crippen LogP contribution in [0, 0.1) is 0 Å². The van der Waals surface area contributed by atoms with Gasteiger partial charge in [0.2, 0.25) is 5.91 Å². The number of carboxylic acids is 1. The topological polar surface area (TPSA) is 75.6 Å². The Morgan fingerprint density at radius 3 is 2.53 bits per heavy atom. The second kappa shape index (κ2) is 9.45. The Hall–Kier alpha value is -1.10. The number of ether oxygens (including phenoxy) is 1. The summed E-state index contributed by atoms with van der Waals surface area (Å²) >= 11 is 0. The van der Waals surface area contributed by atoms with Crippen LogP contribution >= 0.6 is 0 Å². The molecule has 0 radical (unpaired) electrons. The summed E-state index contributed by atoms with van der Waals surface area (Å²) in [6.45, 7) is 1.11. The van der Waals surface area contributed by atoms with Crippen LogP contribution in [0.4, 0.5) is 0 Å². The lowest BCUT2D eigenvalue weighted by Crippen LogP contribution is -2.24. The Kier molecular flexibility index (Phi) is 8.76. The standard InChI is InChI=1S/C10H19NO4/c1-15-8-3-2-5-9(12)11-7-4-6-10(13)14/h2-8H2,1H3,(H,11,12)(H,13,14). The van der Waals surface area contributed by atoms with Crippen LogP contribution in [0.1, 0.15) is 32.1 Å². The number of nitrogens with one attached hydrogen (secondary N) is 1. The molecular weight excluding hydrogens is 198 g/mol. The number of hydrogen-bond acceptors (Lipinski definition) is 3. The van der Waals surface area contributed by atoms with E-state index in [1.54, 1.807) is 7.11 Å². The highest BCUT2D eigenvalue weighted by Crippen LogP contribution is 1.95. The summed E-state index contributed by atoms with van der Waals surface area (Å²) in [5, 5.41) is 11.0. The molecule has 0 fully saturated rings. The molecule has 15 heavy (non-hydrogen) atoms. The summed E-state index contributed by atoms with van der Waals surface area (Å²) in [6.07, 6.45) is 2.75. The largest absolute Gasteiger partial charge is 0.481 e. The van der Waals surface area contributed by atoms with E-state index < -0.39 is 5.97 Å². The van der Waals surface area contributed by atoms with Crippen LogP contribution in [-0.2, 0) is 14.3 Å². The number of carbonyl (C=O) groups is 2. The van der Waals surface area contributed by atoms with Crippen molar-refractivity contribution in [1.82, 2.24) is 5.32 Å². The quantitative estimate of drug-likeness (QED) is 0.560. The van der Waals surface area contributed by atoms with Crippen LogP contribution in [-0.4, -0.2) is 37.2 Å². The minimum Gasteiger partial charge on any atom is -0.481 e. The van der Waals surface area contributed by atoms with Crippen molar-refractivity contribution >= 4 is 11.9 Å². The molecule has 0 aromatic carbocycles. The lowest BCUT2D eigenvalue weighted by molar-refractivity contribution is -0.137. The third kappa shape index (κ3) is 10.8. The van der Waals surface area contributed by atoms with Gasteiger partial charge in [-0.3, -0.25) is 9.59 Å². The average molecular weight is 217 g/mol. The molecule has 0 spiro atoms. The highest BCUT2D eigenvalue weighted by atomic mass is 16.5. The summed E-state index contributed by atoms with van der Waals surface area (Å²) in [7, 11) is 1.63. The van der Waals surface area contributed by atoms with Crippen molar-refractivity contribution in [3.05, 3.63) is 0 Å². The molecule has 0 atom stereocenters. The number of carboxylic acid groups (broad SMARTS) is 1. The van der Waals surface area contributed by atoms with Gasteiger partial charge in [-0.05, 0) is 19.3 Å². The Balaban J connectivity index is 3.22. The van der Waals surface area contributed by atoms with Crippen LogP contribution in [0.15, 0.2) is 0 Å². The van der Waals surface area contributed by atoms with Gasteiger partial charge in [-0.1, -0.05) is 0 Å². The van der Waals surface area contributed by atoms with E-state index in [0.29, 0.717) is 26.0 Å². The van der Waals surface area contributed by atoms with Crippen molar-refractivity contribution < 1.29 is 19.4 Å². The van der Waals surface area contributed by atoms with Crippen LogP contribution < -0.4 is 5.32 Å². The first-order chi connectivity index (χ1) is 7.16. The van der Waals surface area contributed by atoms with Gasteiger partial charge in [-0.25, -0.2) is 0 Å². The summed E-state index contributed by atoms with van der Waals surface area (Å²) in [5.74, 6) is -0.846. The SMILES string of the molecule is COCCCCC(=O)NCCCC(=O)O. The highest BCUT2D eigenvalue weighted by molar-refractivity contribution is 5.75. The Bertz CT molecular complexity index is 194. The summed E-state index contributed by atoms with van der Waals surface area (Å²) < 4.78 is 4.85. The number of amides is 1. The van der Waals surface area contributed by atoms with Crippen LogP contribution in [0.2, 0.25) is 0 Å². The lowest BCUT2D eigenvalue weighted by Gasteiger charge is -2.03. The molecule has 0 aromatic rings.